The molecule has 2 N–H and O–H groups in total. The van der Waals surface area contributed by atoms with E-state index in [-0.39, 0.29) is 5.91 Å². The number of likely N-dealkylation sites (tertiary alicyclic amines) is 1. The minimum Gasteiger partial charge on any atom is -0.496 e. The van der Waals surface area contributed by atoms with E-state index >= 15 is 0 Å². The Balaban J connectivity index is 2.19. The zero-order chi connectivity index (χ0) is 13.8. The van der Waals surface area contributed by atoms with Gasteiger partial charge >= 0.3 is 0 Å². The fraction of sp³-hybridized carbons (Fsp3) is 0.500. The Kier molecular flexibility index (Phi) is 4.82. The van der Waals surface area contributed by atoms with E-state index in [1.54, 1.807) is 13.2 Å². The first-order valence-electron chi connectivity index (χ1n) is 6.48. The second-order valence-corrected chi connectivity index (χ2v) is 5.76. The third-order valence-electron chi connectivity index (χ3n) is 3.53. The highest BCUT2D eigenvalue weighted by Gasteiger charge is 2.25. The molecule has 1 amide bonds. The molecule has 1 aliphatic heterocycles. The van der Waals surface area contributed by atoms with Gasteiger partial charge in [-0.3, -0.25) is 4.79 Å². The molecule has 2 rings (SSSR count). The van der Waals surface area contributed by atoms with Crippen LogP contribution in [0.4, 0.5) is 0 Å². The van der Waals surface area contributed by atoms with Crippen molar-refractivity contribution in [3.05, 3.63) is 28.2 Å². The SMILES string of the molecule is COc1cc(Br)ccc1C(=O)N1CCCC(CN)C1. The molecular formula is C14H19BrN2O2. The van der Waals surface area contributed by atoms with Gasteiger partial charge in [-0.2, -0.15) is 0 Å². The van der Waals surface area contributed by atoms with Gasteiger partial charge in [-0.05, 0) is 43.5 Å². The van der Waals surface area contributed by atoms with Gasteiger partial charge in [0.1, 0.15) is 5.75 Å². The molecule has 1 saturated heterocycles. The van der Waals surface area contributed by atoms with E-state index in [0.717, 1.165) is 30.4 Å². The molecule has 5 heteroatoms. The summed E-state index contributed by atoms with van der Waals surface area (Å²) in [4.78, 5) is 14.4. The Hall–Kier alpha value is -1.07. The number of amides is 1. The van der Waals surface area contributed by atoms with Crippen molar-refractivity contribution in [2.24, 2.45) is 11.7 Å². The van der Waals surface area contributed by atoms with Crippen molar-refractivity contribution in [1.82, 2.24) is 4.90 Å². The molecule has 1 aromatic rings. The Bertz CT molecular complexity index is 465. The third kappa shape index (κ3) is 3.28. The van der Waals surface area contributed by atoms with E-state index in [4.69, 9.17) is 10.5 Å². The lowest BCUT2D eigenvalue weighted by atomic mass is 9.97. The molecule has 0 bridgehead atoms. The number of rotatable bonds is 3. The largest absolute Gasteiger partial charge is 0.496 e. The summed E-state index contributed by atoms with van der Waals surface area (Å²) in [6.07, 6.45) is 2.13. The van der Waals surface area contributed by atoms with Crippen LogP contribution in [0.5, 0.6) is 5.75 Å². The van der Waals surface area contributed by atoms with Crippen molar-refractivity contribution < 1.29 is 9.53 Å². The van der Waals surface area contributed by atoms with Gasteiger partial charge in [0.15, 0.2) is 0 Å². The first-order chi connectivity index (χ1) is 9.15. The van der Waals surface area contributed by atoms with Gasteiger partial charge in [0, 0.05) is 17.6 Å². The lowest BCUT2D eigenvalue weighted by Crippen LogP contribution is -2.42. The molecule has 1 heterocycles. The van der Waals surface area contributed by atoms with Crippen molar-refractivity contribution >= 4 is 21.8 Å². The van der Waals surface area contributed by atoms with E-state index < -0.39 is 0 Å². The second kappa shape index (κ2) is 6.39. The lowest BCUT2D eigenvalue weighted by Gasteiger charge is -2.32. The summed E-state index contributed by atoms with van der Waals surface area (Å²) in [6, 6.07) is 5.48. The maximum absolute atomic E-state index is 12.5. The van der Waals surface area contributed by atoms with Crippen LogP contribution in [0.1, 0.15) is 23.2 Å². The molecule has 0 aromatic heterocycles. The number of carbonyl (C=O) groups is 1. The molecule has 104 valence electrons. The van der Waals surface area contributed by atoms with Crippen LogP contribution in [0, 0.1) is 5.92 Å². The molecule has 0 saturated carbocycles. The maximum Gasteiger partial charge on any atom is 0.257 e. The van der Waals surface area contributed by atoms with Crippen LogP contribution in [0.15, 0.2) is 22.7 Å². The Morgan fingerprint density at radius 3 is 3.05 bits per heavy atom. The molecule has 0 radical (unpaired) electrons. The number of nitrogens with two attached hydrogens (primary N) is 1. The lowest BCUT2D eigenvalue weighted by molar-refractivity contribution is 0.0675. The topological polar surface area (TPSA) is 55.6 Å². The summed E-state index contributed by atoms with van der Waals surface area (Å²) in [6.45, 7) is 2.18. The summed E-state index contributed by atoms with van der Waals surface area (Å²) in [5.41, 5.74) is 6.33. The molecule has 1 fully saturated rings. The first-order valence-corrected chi connectivity index (χ1v) is 7.28. The van der Waals surface area contributed by atoms with Crippen LogP contribution in [0.25, 0.3) is 0 Å². The maximum atomic E-state index is 12.5. The minimum absolute atomic E-state index is 0.0301. The van der Waals surface area contributed by atoms with Crippen molar-refractivity contribution in [2.75, 3.05) is 26.7 Å². The quantitative estimate of drug-likeness (QED) is 0.927. The van der Waals surface area contributed by atoms with Crippen LogP contribution >= 0.6 is 15.9 Å². The molecule has 0 spiro atoms. The Morgan fingerprint density at radius 2 is 2.37 bits per heavy atom. The summed E-state index contributed by atoms with van der Waals surface area (Å²) in [5, 5.41) is 0. The highest BCUT2D eigenvalue weighted by Crippen LogP contribution is 2.26. The van der Waals surface area contributed by atoms with E-state index in [2.05, 4.69) is 15.9 Å². The predicted octanol–water partition coefficient (Wildman–Crippen LogP) is 2.27. The van der Waals surface area contributed by atoms with Gasteiger partial charge in [-0.15, -0.1) is 0 Å². The summed E-state index contributed by atoms with van der Waals surface area (Å²) in [5.74, 6) is 1.05. The molecule has 1 unspecified atom stereocenters. The van der Waals surface area contributed by atoms with Gasteiger partial charge in [-0.1, -0.05) is 15.9 Å². The van der Waals surface area contributed by atoms with Crippen LogP contribution < -0.4 is 10.5 Å². The average Bonchev–Trinajstić information content (AvgIpc) is 2.46. The number of piperidine rings is 1. The zero-order valence-electron chi connectivity index (χ0n) is 11.1. The average molecular weight is 327 g/mol. The fourth-order valence-corrected chi connectivity index (χ4v) is 2.79. The normalized spacial score (nSPS) is 19.3. The van der Waals surface area contributed by atoms with Gasteiger partial charge in [0.05, 0.1) is 12.7 Å². The second-order valence-electron chi connectivity index (χ2n) is 4.84. The van der Waals surface area contributed by atoms with E-state index in [0.29, 0.717) is 23.8 Å². The van der Waals surface area contributed by atoms with Crippen molar-refractivity contribution in [3.8, 4) is 5.75 Å². The highest BCUT2D eigenvalue weighted by molar-refractivity contribution is 9.10. The van der Waals surface area contributed by atoms with Gasteiger partial charge in [0.25, 0.3) is 5.91 Å². The molecular weight excluding hydrogens is 308 g/mol. The Morgan fingerprint density at radius 1 is 1.58 bits per heavy atom. The number of nitrogens with zero attached hydrogens (tertiary/aromatic N) is 1. The number of hydrogen-bond donors (Lipinski definition) is 1. The van der Waals surface area contributed by atoms with Crippen LogP contribution in [-0.4, -0.2) is 37.6 Å². The van der Waals surface area contributed by atoms with Gasteiger partial charge < -0.3 is 15.4 Å². The third-order valence-corrected chi connectivity index (χ3v) is 4.03. The van der Waals surface area contributed by atoms with Crippen LogP contribution in [0.2, 0.25) is 0 Å². The molecule has 4 nitrogen and oxygen atoms in total. The van der Waals surface area contributed by atoms with E-state index in [1.165, 1.54) is 0 Å². The fourth-order valence-electron chi connectivity index (χ4n) is 2.45. The number of methoxy groups -OCH3 is 1. The van der Waals surface area contributed by atoms with Crippen LogP contribution in [-0.2, 0) is 0 Å². The number of carbonyl (C=O) groups excluding carboxylic acids is 1. The first kappa shape index (κ1) is 14.3. The number of hydrogen-bond acceptors (Lipinski definition) is 3. The Labute approximate surface area is 122 Å². The summed E-state index contributed by atoms with van der Waals surface area (Å²) >= 11 is 3.38. The van der Waals surface area contributed by atoms with Gasteiger partial charge in [0.2, 0.25) is 0 Å². The molecule has 0 aliphatic carbocycles. The molecule has 1 aliphatic rings. The molecule has 19 heavy (non-hydrogen) atoms. The van der Waals surface area contributed by atoms with Gasteiger partial charge in [-0.25, -0.2) is 0 Å². The minimum atomic E-state index is 0.0301. The summed E-state index contributed by atoms with van der Waals surface area (Å²) < 4.78 is 6.19. The van der Waals surface area contributed by atoms with E-state index in [9.17, 15) is 4.79 Å². The van der Waals surface area contributed by atoms with Crippen molar-refractivity contribution in [2.45, 2.75) is 12.8 Å². The number of halogens is 1. The van der Waals surface area contributed by atoms with Crippen molar-refractivity contribution in [1.29, 1.82) is 0 Å². The number of benzene rings is 1. The van der Waals surface area contributed by atoms with E-state index in [1.807, 2.05) is 17.0 Å². The highest BCUT2D eigenvalue weighted by atomic mass is 79.9. The predicted molar refractivity (Wildman–Crippen MR) is 78.4 cm³/mol. The smallest absolute Gasteiger partial charge is 0.257 e. The van der Waals surface area contributed by atoms with Crippen molar-refractivity contribution in [3.63, 3.8) is 0 Å². The molecule has 1 aromatic carbocycles. The standard InChI is InChI=1S/C14H19BrN2O2/c1-19-13-7-11(15)4-5-12(13)14(18)17-6-2-3-10(8-16)9-17/h4-5,7,10H,2-3,6,8-9,16H2,1H3. The van der Waals surface area contributed by atoms with Crippen LogP contribution in [0.3, 0.4) is 0 Å². The summed E-state index contributed by atoms with van der Waals surface area (Å²) in [7, 11) is 1.58. The monoisotopic (exact) mass is 326 g/mol. The molecule has 1 atom stereocenters. The zero-order valence-corrected chi connectivity index (χ0v) is 12.6. The number of ether oxygens (including phenoxy) is 1.